The largest absolute Gasteiger partial charge is 0.487 e. The second kappa shape index (κ2) is 6.37. The van der Waals surface area contributed by atoms with Gasteiger partial charge in [0.25, 0.3) is 0 Å². The van der Waals surface area contributed by atoms with Gasteiger partial charge in [0, 0.05) is 19.7 Å². The van der Waals surface area contributed by atoms with Gasteiger partial charge in [-0.05, 0) is 19.2 Å². The van der Waals surface area contributed by atoms with Crippen LogP contribution in [0.2, 0.25) is 0 Å². The van der Waals surface area contributed by atoms with Gasteiger partial charge < -0.3 is 14.8 Å². The third-order valence-electron chi connectivity index (χ3n) is 1.88. The quantitative estimate of drug-likeness (QED) is 0.775. The first kappa shape index (κ1) is 11.9. The van der Waals surface area contributed by atoms with Crippen molar-refractivity contribution < 1.29 is 13.9 Å². The molecule has 1 atom stereocenters. The Morgan fingerprint density at radius 3 is 2.87 bits per heavy atom. The minimum atomic E-state index is -0.298. The summed E-state index contributed by atoms with van der Waals surface area (Å²) >= 11 is 0. The molecule has 0 heterocycles. The molecule has 1 aromatic rings. The van der Waals surface area contributed by atoms with Gasteiger partial charge in [0.2, 0.25) is 0 Å². The molecule has 0 aliphatic rings. The second-order valence-electron chi connectivity index (χ2n) is 3.21. The lowest BCUT2D eigenvalue weighted by Crippen LogP contribution is -2.33. The van der Waals surface area contributed by atoms with Gasteiger partial charge in [-0.1, -0.05) is 6.07 Å². The molecule has 15 heavy (non-hydrogen) atoms. The molecule has 1 aromatic carbocycles. The smallest absolute Gasteiger partial charge is 0.134 e. The molecule has 1 unspecified atom stereocenters. The lowest BCUT2D eigenvalue weighted by Gasteiger charge is -2.17. The van der Waals surface area contributed by atoms with E-state index in [2.05, 4.69) is 5.32 Å². The van der Waals surface area contributed by atoms with E-state index in [4.69, 9.17) is 9.47 Å². The van der Waals surface area contributed by atoms with Crippen LogP contribution in [-0.2, 0) is 4.74 Å². The molecule has 0 aromatic heterocycles. The molecule has 0 amide bonds. The van der Waals surface area contributed by atoms with Gasteiger partial charge in [0.1, 0.15) is 17.7 Å². The van der Waals surface area contributed by atoms with Gasteiger partial charge >= 0.3 is 0 Å². The average Bonchev–Trinajstić information content (AvgIpc) is 2.18. The van der Waals surface area contributed by atoms with Crippen molar-refractivity contribution in [2.24, 2.45) is 0 Å². The van der Waals surface area contributed by atoms with Crippen LogP contribution in [0.15, 0.2) is 24.3 Å². The molecule has 0 radical (unpaired) electrons. The van der Waals surface area contributed by atoms with E-state index >= 15 is 0 Å². The predicted molar refractivity (Wildman–Crippen MR) is 56.6 cm³/mol. The molecule has 0 fully saturated rings. The Bertz CT molecular complexity index is 288. The van der Waals surface area contributed by atoms with Crippen molar-refractivity contribution in [3.63, 3.8) is 0 Å². The van der Waals surface area contributed by atoms with E-state index in [1.165, 1.54) is 12.1 Å². The monoisotopic (exact) mass is 213 g/mol. The number of methoxy groups -OCH3 is 1. The van der Waals surface area contributed by atoms with Gasteiger partial charge in [-0.3, -0.25) is 0 Å². The summed E-state index contributed by atoms with van der Waals surface area (Å²) < 4.78 is 23.4. The summed E-state index contributed by atoms with van der Waals surface area (Å²) in [5.74, 6) is 0.223. The number of hydrogen-bond donors (Lipinski definition) is 1. The standard InChI is InChI=1S/C11H16FNO2/c1-13-7-11(8-14-2)15-10-5-3-4-9(12)6-10/h3-6,11,13H,7-8H2,1-2H3. The highest BCUT2D eigenvalue weighted by atomic mass is 19.1. The van der Waals surface area contributed by atoms with Crippen LogP contribution in [0.25, 0.3) is 0 Å². The summed E-state index contributed by atoms with van der Waals surface area (Å²) in [5, 5.41) is 2.99. The van der Waals surface area contributed by atoms with Crippen molar-refractivity contribution in [1.82, 2.24) is 5.32 Å². The molecule has 1 N–H and O–H groups in total. The summed E-state index contributed by atoms with van der Waals surface area (Å²) in [4.78, 5) is 0. The molecular formula is C11H16FNO2. The zero-order valence-corrected chi connectivity index (χ0v) is 9.00. The summed E-state index contributed by atoms with van der Waals surface area (Å²) in [6, 6.07) is 6.09. The maximum absolute atomic E-state index is 12.9. The van der Waals surface area contributed by atoms with E-state index < -0.39 is 0 Å². The van der Waals surface area contributed by atoms with E-state index in [-0.39, 0.29) is 11.9 Å². The lowest BCUT2D eigenvalue weighted by molar-refractivity contribution is 0.0816. The van der Waals surface area contributed by atoms with Crippen molar-refractivity contribution in [1.29, 1.82) is 0 Å². The molecule has 3 nitrogen and oxygen atoms in total. The van der Waals surface area contributed by atoms with E-state index in [9.17, 15) is 4.39 Å². The van der Waals surface area contributed by atoms with E-state index in [1.807, 2.05) is 7.05 Å². The number of likely N-dealkylation sites (N-methyl/N-ethyl adjacent to an activating group) is 1. The number of benzene rings is 1. The first-order valence-electron chi connectivity index (χ1n) is 4.82. The zero-order valence-electron chi connectivity index (χ0n) is 9.00. The van der Waals surface area contributed by atoms with Crippen LogP contribution in [0.4, 0.5) is 4.39 Å². The SMILES string of the molecule is CNCC(COC)Oc1cccc(F)c1. The van der Waals surface area contributed by atoms with Crippen LogP contribution in [0, 0.1) is 5.82 Å². The Labute approximate surface area is 89.2 Å². The maximum atomic E-state index is 12.9. The average molecular weight is 213 g/mol. The number of halogens is 1. The van der Waals surface area contributed by atoms with Gasteiger partial charge in [-0.15, -0.1) is 0 Å². The van der Waals surface area contributed by atoms with E-state index in [0.717, 1.165) is 0 Å². The van der Waals surface area contributed by atoms with Crippen molar-refractivity contribution >= 4 is 0 Å². The molecule has 1 rings (SSSR count). The molecule has 0 bridgehead atoms. The summed E-state index contributed by atoms with van der Waals surface area (Å²) in [6.07, 6.45) is -0.109. The van der Waals surface area contributed by atoms with Gasteiger partial charge in [-0.2, -0.15) is 0 Å². The fraction of sp³-hybridized carbons (Fsp3) is 0.455. The highest BCUT2D eigenvalue weighted by Gasteiger charge is 2.09. The second-order valence-corrected chi connectivity index (χ2v) is 3.21. The lowest BCUT2D eigenvalue weighted by atomic mass is 10.3. The maximum Gasteiger partial charge on any atom is 0.134 e. The van der Waals surface area contributed by atoms with Crippen LogP contribution in [-0.4, -0.2) is 33.4 Å². The minimum absolute atomic E-state index is 0.109. The number of hydrogen-bond acceptors (Lipinski definition) is 3. The van der Waals surface area contributed by atoms with E-state index in [1.54, 1.807) is 19.2 Å². The number of rotatable bonds is 6. The third-order valence-corrected chi connectivity index (χ3v) is 1.88. The first-order valence-corrected chi connectivity index (χ1v) is 4.82. The Hall–Kier alpha value is -1.13. The van der Waals surface area contributed by atoms with Crippen LogP contribution in [0.1, 0.15) is 0 Å². The summed E-state index contributed by atoms with van der Waals surface area (Å²) in [6.45, 7) is 1.13. The summed E-state index contributed by atoms with van der Waals surface area (Å²) in [7, 11) is 3.44. The molecule has 4 heteroatoms. The van der Waals surface area contributed by atoms with Gasteiger partial charge in [-0.25, -0.2) is 4.39 Å². The normalized spacial score (nSPS) is 12.5. The summed E-state index contributed by atoms with van der Waals surface area (Å²) in [5.41, 5.74) is 0. The third kappa shape index (κ3) is 4.27. The Kier molecular flexibility index (Phi) is 5.07. The fourth-order valence-electron chi connectivity index (χ4n) is 1.28. The molecule has 0 saturated carbocycles. The molecule has 0 aliphatic heterocycles. The molecule has 0 spiro atoms. The van der Waals surface area contributed by atoms with E-state index in [0.29, 0.717) is 18.9 Å². The van der Waals surface area contributed by atoms with Crippen molar-refractivity contribution in [3.8, 4) is 5.75 Å². The highest BCUT2D eigenvalue weighted by Crippen LogP contribution is 2.13. The Morgan fingerprint density at radius 1 is 1.47 bits per heavy atom. The number of ether oxygens (including phenoxy) is 2. The first-order chi connectivity index (χ1) is 7.26. The zero-order chi connectivity index (χ0) is 11.1. The van der Waals surface area contributed by atoms with Crippen LogP contribution < -0.4 is 10.1 Å². The topological polar surface area (TPSA) is 30.5 Å². The van der Waals surface area contributed by atoms with Crippen molar-refractivity contribution in [3.05, 3.63) is 30.1 Å². The van der Waals surface area contributed by atoms with Crippen molar-refractivity contribution in [2.45, 2.75) is 6.10 Å². The molecule has 0 saturated heterocycles. The molecule has 84 valence electrons. The van der Waals surface area contributed by atoms with Crippen molar-refractivity contribution in [2.75, 3.05) is 27.3 Å². The van der Waals surface area contributed by atoms with Crippen LogP contribution in [0.5, 0.6) is 5.75 Å². The minimum Gasteiger partial charge on any atom is -0.487 e. The molecule has 0 aliphatic carbocycles. The fourth-order valence-corrected chi connectivity index (χ4v) is 1.28. The number of nitrogens with one attached hydrogen (secondary N) is 1. The van der Waals surface area contributed by atoms with Crippen LogP contribution >= 0.6 is 0 Å². The predicted octanol–water partition coefficient (Wildman–Crippen LogP) is 1.44. The Morgan fingerprint density at radius 2 is 2.27 bits per heavy atom. The van der Waals surface area contributed by atoms with Gasteiger partial charge in [0.05, 0.1) is 6.61 Å². The van der Waals surface area contributed by atoms with Gasteiger partial charge in [0.15, 0.2) is 0 Å². The van der Waals surface area contributed by atoms with Crippen LogP contribution in [0.3, 0.4) is 0 Å². The highest BCUT2D eigenvalue weighted by molar-refractivity contribution is 5.22. The Balaban J connectivity index is 2.56. The molecular weight excluding hydrogens is 197 g/mol.